The maximum absolute atomic E-state index is 11.9. The van der Waals surface area contributed by atoms with E-state index in [4.69, 9.17) is 0 Å². The van der Waals surface area contributed by atoms with Gasteiger partial charge in [0.05, 0.1) is 5.76 Å². The van der Waals surface area contributed by atoms with E-state index < -0.39 is 0 Å². The van der Waals surface area contributed by atoms with Gasteiger partial charge in [0.2, 0.25) is 0 Å². The van der Waals surface area contributed by atoms with E-state index in [1.807, 2.05) is 13.8 Å². The van der Waals surface area contributed by atoms with Crippen LogP contribution in [-0.2, 0) is 4.79 Å². The first-order chi connectivity index (χ1) is 7.69. The van der Waals surface area contributed by atoms with Crippen molar-refractivity contribution < 1.29 is 9.90 Å². The zero-order chi connectivity index (χ0) is 12.0. The maximum Gasteiger partial charge on any atom is 0.162 e. The molecule has 2 nitrogen and oxygen atoms in total. The predicted molar refractivity (Wildman–Crippen MR) is 66.4 cm³/mol. The summed E-state index contributed by atoms with van der Waals surface area (Å²) >= 11 is 0. The summed E-state index contributed by atoms with van der Waals surface area (Å²) in [5.41, 5.74) is 0. The molecule has 0 atom stereocenters. The third-order valence-corrected chi connectivity index (χ3v) is 3.70. The van der Waals surface area contributed by atoms with Gasteiger partial charge < -0.3 is 5.11 Å². The van der Waals surface area contributed by atoms with Crippen LogP contribution in [0, 0.1) is 11.8 Å². The highest BCUT2D eigenvalue weighted by atomic mass is 16.3. The van der Waals surface area contributed by atoms with E-state index in [0.29, 0.717) is 5.76 Å². The zero-order valence-corrected chi connectivity index (χ0v) is 10.5. The molecule has 1 N–H and O–H groups in total. The Labute approximate surface area is 98.7 Å². The summed E-state index contributed by atoms with van der Waals surface area (Å²) in [6.07, 6.45) is 8.89. The van der Waals surface area contributed by atoms with Crippen LogP contribution in [0.5, 0.6) is 0 Å². The fourth-order valence-electron chi connectivity index (χ4n) is 2.48. The molecule has 1 fully saturated rings. The van der Waals surface area contributed by atoms with Crippen molar-refractivity contribution in [3.05, 3.63) is 11.8 Å². The summed E-state index contributed by atoms with van der Waals surface area (Å²) < 4.78 is 0. The van der Waals surface area contributed by atoms with Crippen LogP contribution in [0.15, 0.2) is 11.8 Å². The van der Waals surface area contributed by atoms with Gasteiger partial charge in [0.1, 0.15) is 0 Å². The molecule has 2 heteroatoms. The molecule has 0 amide bonds. The molecule has 0 aromatic rings. The van der Waals surface area contributed by atoms with Gasteiger partial charge >= 0.3 is 0 Å². The normalized spacial score (nSPS) is 19.1. The van der Waals surface area contributed by atoms with E-state index in [-0.39, 0.29) is 17.6 Å². The molecular formula is C14H24O2. The highest BCUT2D eigenvalue weighted by Crippen LogP contribution is 2.26. The second kappa shape index (κ2) is 6.72. The molecule has 0 spiro atoms. The topological polar surface area (TPSA) is 37.3 Å². The van der Waals surface area contributed by atoms with E-state index in [0.717, 1.165) is 38.5 Å². The molecule has 92 valence electrons. The first-order valence-corrected chi connectivity index (χ1v) is 6.63. The first kappa shape index (κ1) is 13.3. The summed E-state index contributed by atoms with van der Waals surface area (Å²) in [6, 6.07) is 0. The third kappa shape index (κ3) is 3.66. The van der Waals surface area contributed by atoms with Crippen molar-refractivity contribution in [3.63, 3.8) is 0 Å². The van der Waals surface area contributed by atoms with Gasteiger partial charge in [-0.15, -0.1) is 0 Å². The minimum absolute atomic E-state index is 0.143. The average Bonchev–Trinajstić information content (AvgIpc) is 2.31. The fourth-order valence-corrected chi connectivity index (χ4v) is 2.48. The van der Waals surface area contributed by atoms with Gasteiger partial charge in [0.15, 0.2) is 5.78 Å². The smallest absolute Gasteiger partial charge is 0.162 e. The predicted octanol–water partition coefficient (Wildman–Crippen LogP) is 4.01. The van der Waals surface area contributed by atoms with Crippen LogP contribution in [0.2, 0.25) is 0 Å². The minimum Gasteiger partial charge on any atom is -0.512 e. The Morgan fingerprint density at radius 1 is 1.25 bits per heavy atom. The third-order valence-electron chi connectivity index (χ3n) is 3.70. The monoisotopic (exact) mass is 224 g/mol. The van der Waals surface area contributed by atoms with Gasteiger partial charge in [-0.05, 0) is 25.7 Å². The van der Waals surface area contributed by atoms with Gasteiger partial charge in [0.25, 0.3) is 0 Å². The Hall–Kier alpha value is -0.790. The number of hydrogen-bond acceptors (Lipinski definition) is 2. The summed E-state index contributed by atoms with van der Waals surface area (Å²) in [6.45, 7) is 4.09. The summed E-state index contributed by atoms with van der Waals surface area (Å²) in [5.74, 6) is 0.766. The Morgan fingerprint density at radius 3 is 2.31 bits per heavy atom. The molecule has 0 heterocycles. The lowest BCUT2D eigenvalue weighted by molar-refractivity contribution is -0.119. The van der Waals surface area contributed by atoms with Crippen molar-refractivity contribution in [1.82, 2.24) is 0 Å². The number of carbonyl (C=O) groups is 1. The Balaban J connectivity index is 2.56. The summed E-state index contributed by atoms with van der Waals surface area (Å²) in [4.78, 5) is 11.9. The molecule has 0 saturated heterocycles. The van der Waals surface area contributed by atoms with Gasteiger partial charge in [-0.1, -0.05) is 33.1 Å². The lowest BCUT2D eigenvalue weighted by Gasteiger charge is -2.19. The van der Waals surface area contributed by atoms with Crippen LogP contribution in [0.4, 0.5) is 0 Å². The minimum atomic E-state index is 0.143. The van der Waals surface area contributed by atoms with Crippen molar-refractivity contribution in [2.24, 2.45) is 11.8 Å². The molecule has 0 bridgehead atoms. The van der Waals surface area contributed by atoms with Crippen molar-refractivity contribution in [1.29, 1.82) is 0 Å². The Kier molecular flexibility index (Phi) is 5.58. The summed E-state index contributed by atoms with van der Waals surface area (Å²) in [5, 5.41) is 9.85. The maximum atomic E-state index is 11.9. The van der Waals surface area contributed by atoms with Crippen LogP contribution in [-0.4, -0.2) is 10.9 Å². The number of allylic oxidation sites excluding steroid dienone is 2. The second-order valence-corrected chi connectivity index (χ2v) is 4.82. The first-order valence-electron chi connectivity index (χ1n) is 6.63. The largest absolute Gasteiger partial charge is 0.512 e. The molecule has 16 heavy (non-hydrogen) atoms. The lowest BCUT2D eigenvalue weighted by atomic mass is 9.85. The molecule has 1 aliphatic carbocycles. The lowest BCUT2D eigenvalue weighted by Crippen LogP contribution is -2.17. The van der Waals surface area contributed by atoms with Crippen LogP contribution < -0.4 is 0 Å². The van der Waals surface area contributed by atoms with Crippen LogP contribution in [0.1, 0.15) is 58.8 Å². The highest BCUT2D eigenvalue weighted by Gasteiger charge is 2.20. The SMILES string of the molecule is CCC(CC)C(O)=CC(=O)C1CCCCC1. The molecule has 1 saturated carbocycles. The molecule has 1 rings (SSSR count). The fraction of sp³-hybridized carbons (Fsp3) is 0.786. The van der Waals surface area contributed by atoms with E-state index in [2.05, 4.69) is 0 Å². The number of rotatable bonds is 5. The van der Waals surface area contributed by atoms with Gasteiger partial charge in [0, 0.05) is 17.9 Å². The number of aliphatic hydroxyl groups excluding tert-OH is 1. The zero-order valence-electron chi connectivity index (χ0n) is 10.5. The molecule has 0 radical (unpaired) electrons. The molecular weight excluding hydrogens is 200 g/mol. The summed E-state index contributed by atoms with van der Waals surface area (Å²) in [7, 11) is 0. The quantitative estimate of drug-likeness (QED) is 0.566. The Bertz CT molecular complexity index is 245. The number of hydrogen-bond donors (Lipinski definition) is 1. The van der Waals surface area contributed by atoms with Gasteiger partial charge in [-0.3, -0.25) is 4.79 Å². The molecule has 0 aliphatic heterocycles. The van der Waals surface area contributed by atoms with Crippen molar-refractivity contribution >= 4 is 5.78 Å². The van der Waals surface area contributed by atoms with Gasteiger partial charge in [-0.25, -0.2) is 0 Å². The average molecular weight is 224 g/mol. The molecule has 0 aromatic carbocycles. The van der Waals surface area contributed by atoms with E-state index in [9.17, 15) is 9.90 Å². The van der Waals surface area contributed by atoms with Crippen molar-refractivity contribution in [2.45, 2.75) is 58.8 Å². The molecule has 1 aliphatic rings. The van der Waals surface area contributed by atoms with Crippen molar-refractivity contribution in [2.75, 3.05) is 0 Å². The van der Waals surface area contributed by atoms with Crippen molar-refractivity contribution in [3.8, 4) is 0 Å². The molecule has 0 aromatic heterocycles. The van der Waals surface area contributed by atoms with Crippen LogP contribution >= 0.6 is 0 Å². The van der Waals surface area contributed by atoms with E-state index >= 15 is 0 Å². The molecule has 0 unspecified atom stereocenters. The number of aliphatic hydroxyl groups is 1. The Morgan fingerprint density at radius 2 is 1.81 bits per heavy atom. The van der Waals surface area contributed by atoms with E-state index in [1.54, 1.807) is 0 Å². The van der Waals surface area contributed by atoms with E-state index in [1.165, 1.54) is 12.5 Å². The van der Waals surface area contributed by atoms with Crippen LogP contribution in [0.3, 0.4) is 0 Å². The standard InChI is InChI=1S/C14H24O2/c1-3-11(4-2)13(15)10-14(16)12-8-6-5-7-9-12/h10-12,15H,3-9H2,1-2H3. The second-order valence-electron chi connectivity index (χ2n) is 4.82. The highest BCUT2D eigenvalue weighted by molar-refractivity contribution is 5.92. The number of ketones is 1. The number of carbonyl (C=O) groups excluding carboxylic acids is 1. The van der Waals surface area contributed by atoms with Gasteiger partial charge in [-0.2, -0.15) is 0 Å². The van der Waals surface area contributed by atoms with Crippen LogP contribution in [0.25, 0.3) is 0 Å².